The van der Waals surface area contributed by atoms with Gasteiger partial charge in [-0.1, -0.05) is 0 Å². The predicted molar refractivity (Wildman–Crippen MR) is 5.75 cm³/mol. The second kappa shape index (κ2) is 23.2. The van der Waals surface area contributed by atoms with Crippen LogP contribution in [-0.2, 0) is 50.9 Å². The van der Waals surface area contributed by atoms with Gasteiger partial charge in [-0.2, -0.15) is 0 Å². The van der Waals surface area contributed by atoms with Gasteiger partial charge in [0.1, 0.15) is 0 Å². The first kappa shape index (κ1) is 46.0. The normalized spacial score (nSPS) is 0. The van der Waals surface area contributed by atoms with Crippen molar-refractivity contribution in [2.75, 3.05) is 0 Å². The Morgan fingerprint density at radius 2 is 0.750 bits per heavy atom. The van der Waals surface area contributed by atoms with Gasteiger partial charge in [-0.15, -0.1) is 0 Å². The molecule has 0 rings (SSSR count). The monoisotopic (exact) mass is 182 g/mol. The van der Waals surface area contributed by atoms with Crippen molar-refractivity contribution in [3.63, 3.8) is 0 Å². The Labute approximate surface area is 59.2 Å². The molecule has 0 aliphatic carbocycles. The maximum absolute atomic E-state index is 0. The molecule has 0 atom stereocenters. The van der Waals surface area contributed by atoms with E-state index in [9.17, 15) is 0 Å². The summed E-state index contributed by atoms with van der Waals surface area (Å²) in [5.41, 5.74) is 0. The van der Waals surface area contributed by atoms with Gasteiger partial charge >= 0.3 is 0 Å². The first-order chi connectivity index (χ1) is 0. The molecule has 0 saturated heterocycles. The van der Waals surface area contributed by atoms with Gasteiger partial charge < -0.3 is 0 Å². The third-order valence-corrected chi connectivity index (χ3v) is 0. The first-order valence-electron chi connectivity index (χ1n) is 0. The molecule has 0 amide bonds. The van der Waals surface area contributed by atoms with Crippen LogP contribution in [0, 0.1) is 0 Å². The van der Waals surface area contributed by atoms with E-state index >= 15 is 0 Å². The van der Waals surface area contributed by atoms with Gasteiger partial charge in [-0.25, -0.2) is 0 Å². The summed E-state index contributed by atoms with van der Waals surface area (Å²) < 4.78 is 0. The second-order valence-corrected chi connectivity index (χ2v) is 0. The number of hydrogen-bond acceptors (Lipinski definition) is 0. The Balaban J connectivity index is 0. The molecule has 4 heteroatoms. The van der Waals surface area contributed by atoms with Crippen molar-refractivity contribution in [1.29, 1.82) is 0 Å². The second-order valence-electron chi connectivity index (χ2n) is 0. The maximum Gasteiger partial charge on any atom is 0 e. The molecule has 0 heterocycles. The molecule has 0 spiro atoms. The van der Waals surface area contributed by atoms with Crippen molar-refractivity contribution < 1.29 is 50.9 Å². The topological polar surface area (TPSA) is 0 Å². The Morgan fingerprint density at radius 1 is 0.750 bits per heavy atom. The molecule has 0 N–H and O–H groups in total. The molecular weight excluding hydrogens is 181 g/mol. The third kappa shape index (κ3) is 9.49. The van der Waals surface area contributed by atoms with Crippen LogP contribution in [0.5, 0.6) is 0 Å². The van der Waals surface area contributed by atoms with E-state index in [4.69, 9.17) is 0 Å². The molecule has 4 radical (unpaired) electrons. The Morgan fingerprint density at radius 3 is 0.750 bits per heavy atom. The zero-order valence-electron chi connectivity index (χ0n) is 1.62. The first-order valence-corrected chi connectivity index (χ1v) is 0. The maximum atomic E-state index is 0. The van der Waals surface area contributed by atoms with Crippen LogP contribution in [0.3, 0.4) is 0 Å². The number of hydrogen-bond donors (Lipinski definition) is 0. The summed E-state index contributed by atoms with van der Waals surface area (Å²) in [7, 11) is 0. The van der Waals surface area contributed by atoms with Crippen molar-refractivity contribution >= 4 is 8.41 Å². The Bertz CT molecular complexity index is 6.00. The smallest absolute Gasteiger partial charge is 0 e. The quantitative estimate of drug-likeness (QED) is 0.447. The molecule has 0 aromatic carbocycles. The molecule has 28 valence electrons. The van der Waals surface area contributed by atoms with Crippen LogP contribution in [0.4, 0.5) is 0 Å². The van der Waals surface area contributed by atoms with Crippen molar-refractivity contribution in [2.24, 2.45) is 0 Å². The molecule has 0 aromatic heterocycles. The fraction of sp³-hybridized carbons (Fsp3) is 0. The van der Waals surface area contributed by atoms with Crippen molar-refractivity contribution in [2.45, 2.75) is 0 Å². The summed E-state index contributed by atoms with van der Waals surface area (Å²) in [5, 5.41) is 0. The molecule has 0 aromatic rings. The predicted octanol–water partition coefficient (Wildman–Crippen LogP) is -0.388. The van der Waals surface area contributed by atoms with Gasteiger partial charge in [0.15, 0.2) is 0 Å². The van der Waals surface area contributed by atoms with E-state index in [1.165, 1.54) is 0 Å². The molecular formula is BCoFe2. The summed E-state index contributed by atoms with van der Waals surface area (Å²) in [6, 6.07) is 0. The van der Waals surface area contributed by atoms with Crippen LogP contribution >= 0.6 is 0 Å². The van der Waals surface area contributed by atoms with Gasteiger partial charge in [-0.05, 0) is 0 Å². The molecule has 0 aliphatic heterocycles. The summed E-state index contributed by atoms with van der Waals surface area (Å²) in [6.07, 6.45) is 0. The van der Waals surface area contributed by atoms with Crippen molar-refractivity contribution in [3.05, 3.63) is 0 Å². The molecule has 4 heavy (non-hydrogen) atoms. The zero-order chi connectivity index (χ0) is 0. The minimum Gasteiger partial charge on any atom is 0 e. The third-order valence-electron chi connectivity index (χ3n) is 0. The van der Waals surface area contributed by atoms with E-state index in [-0.39, 0.29) is 59.3 Å². The summed E-state index contributed by atoms with van der Waals surface area (Å²) in [4.78, 5) is 0. The van der Waals surface area contributed by atoms with Crippen LogP contribution in [-0.4, -0.2) is 8.41 Å². The fourth-order valence-electron chi connectivity index (χ4n) is 0. The molecule has 0 fully saturated rings. The average molecular weight is 181 g/mol. The van der Waals surface area contributed by atoms with E-state index in [2.05, 4.69) is 0 Å². The van der Waals surface area contributed by atoms with Gasteiger partial charge in [0.05, 0.1) is 0 Å². The van der Waals surface area contributed by atoms with Crippen LogP contribution in [0.25, 0.3) is 0 Å². The fourth-order valence-corrected chi connectivity index (χ4v) is 0. The van der Waals surface area contributed by atoms with E-state index < -0.39 is 0 Å². The number of rotatable bonds is 0. The van der Waals surface area contributed by atoms with Crippen LogP contribution in [0.2, 0.25) is 0 Å². The average Bonchev–Trinajstić information content (AvgIpc) is 0. The van der Waals surface area contributed by atoms with E-state index in [1.54, 1.807) is 0 Å². The molecule has 0 nitrogen and oxygen atoms in total. The Hall–Kier alpha value is 1.61. The van der Waals surface area contributed by atoms with E-state index in [0.29, 0.717) is 0 Å². The Kier molecular flexibility index (Phi) is 266. The van der Waals surface area contributed by atoms with Crippen molar-refractivity contribution in [3.8, 4) is 0 Å². The van der Waals surface area contributed by atoms with Crippen LogP contribution in [0.1, 0.15) is 0 Å². The van der Waals surface area contributed by atoms with Crippen molar-refractivity contribution in [1.82, 2.24) is 0 Å². The summed E-state index contributed by atoms with van der Waals surface area (Å²) in [5.74, 6) is 0. The van der Waals surface area contributed by atoms with Gasteiger partial charge in [-0.3, -0.25) is 0 Å². The minimum atomic E-state index is 0. The zero-order valence-corrected chi connectivity index (χ0v) is 4.87. The standard InChI is InChI=1S/B.Co.2Fe. The minimum absolute atomic E-state index is 0. The van der Waals surface area contributed by atoms with E-state index in [0.717, 1.165) is 0 Å². The molecule has 0 aliphatic rings. The van der Waals surface area contributed by atoms with E-state index in [1.807, 2.05) is 0 Å². The molecule has 0 bridgehead atoms. The van der Waals surface area contributed by atoms with Gasteiger partial charge in [0.2, 0.25) is 0 Å². The summed E-state index contributed by atoms with van der Waals surface area (Å²) in [6.45, 7) is 0. The van der Waals surface area contributed by atoms with Gasteiger partial charge in [0.25, 0.3) is 0 Å². The summed E-state index contributed by atoms with van der Waals surface area (Å²) >= 11 is 0. The van der Waals surface area contributed by atoms with Gasteiger partial charge in [0, 0.05) is 59.3 Å². The molecule has 0 saturated carbocycles. The SMILES string of the molecule is [B].[Co].[Fe].[Fe]. The van der Waals surface area contributed by atoms with Crippen LogP contribution in [0.15, 0.2) is 0 Å². The van der Waals surface area contributed by atoms with Crippen LogP contribution < -0.4 is 0 Å². The molecule has 0 unspecified atom stereocenters. The largest absolute Gasteiger partial charge is 0 e.